The van der Waals surface area contributed by atoms with Gasteiger partial charge in [0.1, 0.15) is 5.71 Å². The maximum Gasteiger partial charge on any atom is 0.117 e. The Hall–Kier alpha value is -2.40. The molecule has 0 radical (unpaired) electrons. The highest BCUT2D eigenvalue weighted by molar-refractivity contribution is 6.13. The standard InChI is InChI=1S/C18H18N2/c1-18(2,3)20-17(16-10-7-13-19-14-16)12-11-15-8-5-4-6-9-15/h4-10,13-14H,1-3H3. The van der Waals surface area contributed by atoms with Gasteiger partial charge in [-0.15, -0.1) is 0 Å². The summed E-state index contributed by atoms with van der Waals surface area (Å²) in [5, 5.41) is 0. The van der Waals surface area contributed by atoms with Crippen molar-refractivity contribution in [3.8, 4) is 11.8 Å². The Bertz CT molecular complexity index is 639. The minimum Gasteiger partial charge on any atom is -0.270 e. The second-order valence-electron chi connectivity index (χ2n) is 5.49. The molecule has 0 aliphatic carbocycles. The Kier molecular flexibility index (Phi) is 4.32. The molecule has 0 N–H and O–H groups in total. The van der Waals surface area contributed by atoms with Crippen molar-refractivity contribution in [1.29, 1.82) is 0 Å². The smallest absolute Gasteiger partial charge is 0.117 e. The van der Waals surface area contributed by atoms with Gasteiger partial charge in [-0.25, -0.2) is 0 Å². The maximum absolute atomic E-state index is 4.70. The monoisotopic (exact) mass is 262 g/mol. The van der Waals surface area contributed by atoms with E-state index in [2.05, 4.69) is 37.6 Å². The Morgan fingerprint density at radius 3 is 2.40 bits per heavy atom. The summed E-state index contributed by atoms with van der Waals surface area (Å²) < 4.78 is 0. The normalized spacial score (nSPS) is 11.7. The van der Waals surface area contributed by atoms with Crippen molar-refractivity contribution in [1.82, 2.24) is 4.98 Å². The van der Waals surface area contributed by atoms with Crippen molar-refractivity contribution in [3.63, 3.8) is 0 Å². The van der Waals surface area contributed by atoms with Gasteiger partial charge in [0.05, 0.1) is 5.54 Å². The fourth-order valence-electron chi connectivity index (χ4n) is 1.66. The van der Waals surface area contributed by atoms with E-state index < -0.39 is 0 Å². The summed E-state index contributed by atoms with van der Waals surface area (Å²) in [6.45, 7) is 6.19. The average molecular weight is 262 g/mol. The quantitative estimate of drug-likeness (QED) is 0.568. The third kappa shape index (κ3) is 4.37. The van der Waals surface area contributed by atoms with Crippen LogP contribution in [0.3, 0.4) is 0 Å². The molecule has 2 heteroatoms. The van der Waals surface area contributed by atoms with Gasteiger partial charge in [0, 0.05) is 23.5 Å². The molecule has 1 aromatic heterocycles. The van der Waals surface area contributed by atoms with Gasteiger partial charge in [0.25, 0.3) is 0 Å². The molecule has 2 rings (SSSR count). The number of pyridine rings is 1. The zero-order valence-corrected chi connectivity index (χ0v) is 12.1. The molecule has 0 amide bonds. The minimum atomic E-state index is -0.170. The van der Waals surface area contributed by atoms with Crippen molar-refractivity contribution in [2.24, 2.45) is 4.99 Å². The van der Waals surface area contributed by atoms with E-state index in [0.29, 0.717) is 0 Å². The number of benzene rings is 1. The van der Waals surface area contributed by atoms with E-state index in [1.807, 2.05) is 42.5 Å². The number of hydrogen-bond donors (Lipinski definition) is 0. The SMILES string of the molecule is CC(C)(C)N=C(C#Cc1ccccc1)c1cccnc1. The van der Waals surface area contributed by atoms with E-state index in [1.54, 1.807) is 12.4 Å². The summed E-state index contributed by atoms with van der Waals surface area (Å²) in [6, 6.07) is 13.8. The van der Waals surface area contributed by atoms with E-state index in [-0.39, 0.29) is 5.54 Å². The van der Waals surface area contributed by atoms with Crippen LogP contribution in [-0.4, -0.2) is 16.2 Å². The van der Waals surface area contributed by atoms with Crippen LogP contribution in [0.2, 0.25) is 0 Å². The zero-order chi connectivity index (χ0) is 14.4. The maximum atomic E-state index is 4.70. The van der Waals surface area contributed by atoms with Gasteiger partial charge in [0.2, 0.25) is 0 Å². The van der Waals surface area contributed by atoms with E-state index in [9.17, 15) is 0 Å². The lowest BCUT2D eigenvalue weighted by molar-refractivity contribution is 0.585. The second-order valence-corrected chi connectivity index (χ2v) is 5.49. The second kappa shape index (κ2) is 6.16. The van der Waals surface area contributed by atoms with Crippen LogP contribution in [0.15, 0.2) is 59.9 Å². The molecule has 0 saturated heterocycles. The molecular formula is C18H18N2. The molecule has 0 spiro atoms. The fourth-order valence-corrected chi connectivity index (χ4v) is 1.66. The summed E-state index contributed by atoms with van der Waals surface area (Å²) in [5.41, 5.74) is 2.54. The molecule has 0 atom stereocenters. The van der Waals surface area contributed by atoms with Crippen LogP contribution >= 0.6 is 0 Å². The van der Waals surface area contributed by atoms with E-state index in [1.165, 1.54) is 0 Å². The van der Waals surface area contributed by atoms with E-state index >= 15 is 0 Å². The molecule has 20 heavy (non-hydrogen) atoms. The molecule has 2 nitrogen and oxygen atoms in total. The lowest BCUT2D eigenvalue weighted by atomic mass is 10.1. The average Bonchev–Trinajstić information content (AvgIpc) is 2.44. The molecule has 0 unspecified atom stereocenters. The summed E-state index contributed by atoms with van der Waals surface area (Å²) in [5.74, 6) is 6.33. The third-order valence-electron chi connectivity index (χ3n) is 2.48. The molecule has 0 aliphatic heterocycles. The van der Waals surface area contributed by atoms with Gasteiger partial charge < -0.3 is 0 Å². The van der Waals surface area contributed by atoms with Gasteiger partial charge in [-0.2, -0.15) is 0 Å². The van der Waals surface area contributed by atoms with Crippen molar-refractivity contribution in [2.45, 2.75) is 26.3 Å². The summed E-state index contributed by atoms with van der Waals surface area (Å²) in [7, 11) is 0. The molecule has 0 fully saturated rings. The lowest BCUT2D eigenvalue weighted by Crippen LogP contribution is -2.14. The Balaban J connectivity index is 2.40. The van der Waals surface area contributed by atoms with Gasteiger partial charge >= 0.3 is 0 Å². The predicted molar refractivity (Wildman–Crippen MR) is 83.8 cm³/mol. The number of hydrogen-bond acceptors (Lipinski definition) is 2. The molecule has 0 saturated carbocycles. The molecule has 1 heterocycles. The van der Waals surface area contributed by atoms with Gasteiger partial charge in [-0.3, -0.25) is 9.98 Å². The molecule has 2 aromatic rings. The Labute approximate surface area is 120 Å². The molecule has 0 bridgehead atoms. The minimum absolute atomic E-state index is 0.170. The summed E-state index contributed by atoms with van der Waals surface area (Å²) in [4.78, 5) is 8.84. The number of rotatable bonds is 1. The lowest BCUT2D eigenvalue weighted by Gasteiger charge is -2.13. The van der Waals surface area contributed by atoms with Crippen LogP contribution in [0.1, 0.15) is 31.9 Å². The highest BCUT2D eigenvalue weighted by atomic mass is 14.8. The first-order chi connectivity index (χ1) is 9.54. The van der Waals surface area contributed by atoms with Gasteiger partial charge in [-0.1, -0.05) is 24.1 Å². The summed E-state index contributed by atoms with van der Waals surface area (Å²) in [6.07, 6.45) is 3.55. The van der Waals surface area contributed by atoms with Crippen LogP contribution in [0.5, 0.6) is 0 Å². The largest absolute Gasteiger partial charge is 0.270 e. The van der Waals surface area contributed by atoms with Crippen molar-refractivity contribution in [3.05, 3.63) is 66.0 Å². The van der Waals surface area contributed by atoms with Crippen molar-refractivity contribution in [2.75, 3.05) is 0 Å². The first-order valence-electron chi connectivity index (χ1n) is 6.62. The first-order valence-corrected chi connectivity index (χ1v) is 6.62. The van der Waals surface area contributed by atoms with Gasteiger partial charge in [-0.05, 0) is 51.0 Å². The van der Waals surface area contributed by atoms with Gasteiger partial charge in [0.15, 0.2) is 0 Å². The highest BCUT2D eigenvalue weighted by Gasteiger charge is 2.10. The molecule has 0 aliphatic rings. The Morgan fingerprint density at radius 1 is 1.05 bits per heavy atom. The number of aromatic nitrogens is 1. The van der Waals surface area contributed by atoms with E-state index in [4.69, 9.17) is 4.99 Å². The molecule has 1 aromatic carbocycles. The molecule has 100 valence electrons. The van der Waals surface area contributed by atoms with E-state index in [0.717, 1.165) is 16.8 Å². The highest BCUT2D eigenvalue weighted by Crippen LogP contribution is 2.10. The topological polar surface area (TPSA) is 25.2 Å². The zero-order valence-electron chi connectivity index (χ0n) is 12.1. The fraction of sp³-hybridized carbons (Fsp3) is 0.222. The Morgan fingerprint density at radius 2 is 1.80 bits per heavy atom. The number of aliphatic imine (C=N–C) groups is 1. The number of nitrogens with zero attached hydrogens (tertiary/aromatic N) is 2. The van der Waals surface area contributed by atoms with Crippen LogP contribution in [0.4, 0.5) is 0 Å². The van der Waals surface area contributed by atoms with Crippen LogP contribution in [0.25, 0.3) is 0 Å². The van der Waals surface area contributed by atoms with Crippen molar-refractivity contribution < 1.29 is 0 Å². The summed E-state index contributed by atoms with van der Waals surface area (Å²) >= 11 is 0. The van der Waals surface area contributed by atoms with Crippen LogP contribution in [-0.2, 0) is 0 Å². The van der Waals surface area contributed by atoms with Crippen LogP contribution < -0.4 is 0 Å². The van der Waals surface area contributed by atoms with Crippen molar-refractivity contribution >= 4 is 5.71 Å². The first kappa shape index (κ1) is 14.0. The third-order valence-corrected chi connectivity index (χ3v) is 2.48. The molecular weight excluding hydrogens is 244 g/mol. The van der Waals surface area contributed by atoms with Crippen LogP contribution in [0, 0.1) is 11.8 Å². The predicted octanol–water partition coefficient (Wildman–Crippen LogP) is 3.72.